The average Bonchev–Trinajstić information content (AvgIpc) is 2.90. The van der Waals surface area contributed by atoms with Crippen molar-refractivity contribution in [3.8, 4) is 11.5 Å². The monoisotopic (exact) mass is 542 g/mol. The van der Waals surface area contributed by atoms with E-state index in [1.807, 2.05) is 37.3 Å². The Labute approximate surface area is 223 Å². The standard InChI is InChI=1S/C26H24Cl2N4O5/c1-2-36-22-13-18(11-12-21(22)37-16-23(33)29-14-17-7-4-3-5-8-17)15-30-32-26(35)25(34)31-20-10-6-9-19(27)24(20)28/h3-13,15H,2,14,16H2,1H3,(H,29,33)(H,31,34)(H,32,35)/b30-15-. The molecule has 0 spiro atoms. The molecule has 0 atom stereocenters. The zero-order valence-electron chi connectivity index (χ0n) is 19.8. The number of hydrogen-bond acceptors (Lipinski definition) is 6. The van der Waals surface area contributed by atoms with Crippen LogP contribution in [-0.2, 0) is 20.9 Å². The van der Waals surface area contributed by atoms with Crippen LogP contribution in [-0.4, -0.2) is 37.1 Å². The van der Waals surface area contributed by atoms with Crippen molar-refractivity contribution in [3.05, 3.63) is 87.9 Å². The van der Waals surface area contributed by atoms with Crippen LogP contribution in [0.1, 0.15) is 18.1 Å². The number of carbonyl (C=O) groups is 3. The Morgan fingerprint density at radius 2 is 1.70 bits per heavy atom. The summed E-state index contributed by atoms with van der Waals surface area (Å²) in [7, 11) is 0. The molecule has 0 aromatic heterocycles. The number of nitrogens with one attached hydrogen (secondary N) is 3. The van der Waals surface area contributed by atoms with Crippen LogP contribution in [0.3, 0.4) is 0 Å². The summed E-state index contributed by atoms with van der Waals surface area (Å²) in [5.74, 6) is -1.49. The number of ether oxygens (including phenoxy) is 2. The van der Waals surface area contributed by atoms with Gasteiger partial charge in [-0.15, -0.1) is 0 Å². The molecule has 0 heterocycles. The van der Waals surface area contributed by atoms with E-state index in [0.717, 1.165) is 5.56 Å². The summed E-state index contributed by atoms with van der Waals surface area (Å²) in [6, 6.07) is 19.1. The molecule has 3 rings (SSSR count). The van der Waals surface area contributed by atoms with Crippen molar-refractivity contribution in [1.82, 2.24) is 10.7 Å². The number of halogens is 2. The minimum Gasteiger partial charge on any atom is -0.490 e. The van der Waals surface area contributed by atoms with Crippen LogP contribution >= 0.6 is 23.2 Å². The van der Waals surface area contributed by atoms with Gasteiger partial charge in [0.1, 0.15) is 0 Å². The van der Waals surface area contributed by atoms with Gasteiger partial charge in [-0.1, -0.05) is 59.6 Å². The van der Waals surface area contributed by atoms with Gasteiger partial charge in [-0.3, -0.25) is 14.4 Å². The molecule has 0 radical (unpaired) electrons. The van der Waals surface area contributed by atoms with E-state index in [2.05, 4.69) is 21.2 Å². The molecular formula is C26H24Cl2N4O5. The first kappa shape index (κ1) is 27.5. The SMILES string of the molecule is CCOc1cc(/C=N\NC(=O)C(=O)Nc2cccc(Cl)c2Cl)ccc1OCC(=O)NCc1ccccc1. The fourth-order valence-corrected chi connectivity index (χ4v) is 3.33. The van der Waals surface area contributed by atoms with E-state index >= 15 is 0 Å². The number of carbonyl (C=O) groups excluding carboxylic acids is 3. The number of amides is 3. The second-order valence-electron chi connectivity index (χ2n) is 7.44. The first-order chi connectivity index (χ1) is 17.9. The smallest absolute Gasteiger partial charge is 0.329 e. The molecule has 11 heteroatoms. The molecular weight excluding hydrogens is 519 g/mol. The van der Waals surface area contributed by atoms with Crippen LogP contribution in [0.2, 0.25) is 10.0 Å². The normalized spacial score (nSPS) is 10.6. The van der Waals surface area contributed by atoms with Gasteiger partial charge in [0, 0.05) is 6.54 Å². The summed E-state index contributed by atoms with van der Waals surface area (Å²) in [4.78, 5) is 36.3. The zero-order chi connectivity index (χ0) is 26.6. The first-order valence-corrected chi connectivity index (χ1v) is 11.9. The summed E-state index contributed by atoms with van der Waals surface area (Å²) >= 11 is 11.9. The Hall–Kier alpha value is -4.08. The average molecular weight is 543 g/mol. The van der Waals surface area contributed by atoms with Crippen molar-refractivity contribution < 1.29 is 23.9 Å². The maximum absolute atomic E-state index is 12.2. The van der Waals surface area contributed by atoms with Gasteiger partial charge in [-0.25, -0.2) is 5.43 Å². The molecule has 3 amide bonds. The molecule has 0 saturated carbocycles. The highest BCUT2D eigenvalue weighted by molar-refractivity contribution is 6.45. The quantitative estimate of drug-likeness (QED) is 0.202. The summed E-state index contributed by atoms with van der Waals surface area (Å²) in [6.45, 7) is 2.37. The Kier molecular flexibility index (Phi) is 10.3. The molecule has 0 unspecified atom stereocenters. The van der Waals surface area contributed by atoms with Gasteiger partial charge in [0.05, 0.1) is 28.6 Å². The van der Waals surface area contributed by atoms with Gasteiger partial charge < -0.3 is 20.1 Å². The predicted octanol–water partition coefficient (Wildman–Crippen LogP) is 4.18. The molecule has 0 bridgehead atoms. The third-order valence-corrected chi connectivity index (χ3v) is 5.56. The number of benzene rings is 3. The Morgan fingerprint density at radius 1 is 0.919 bits per heavy atom. The van der Waals surface area contributed by atoms with E-state index in [4.69, 9.17) is 32.7 Å². The summed E-state index contributed by atoms with van der Waals surface area (Å²) in [6.07, 6.45) is 1.33. The minimum atomic E-state index is -1.00. The summed E-state index contributed by atoms with van der Waals surface area (Å²) < 4.78 is 11.2. The lowest BCUT2D eigenvalue weighted by Crippen LogP contribution is -2.32. The zero-order valence-corrected chi connectivity index (χ0v) is 21.3. The van der Waals surface area contributed by atoms with Crippen molar-refractivity contribution in [1.29, 1.82) is 0 Å². The molecule has 37 heavy (non-hydrogen) atoms. The molecule has 192 valence electrons. The number of hydrazone groups is 1. The Morgan fingerprint density at radius 3 is 2.46 bits per heavy atom. The van der Waals surface area contributed by atoms with E-state index < -0.39 is 11.8 Å². The Balaban J connectivity index is 1.53. The lowest BCUT2D eigenvalue weighted by atomic mass is 10.2. The van der Waals surface area contributed by atoms with E-state index in [1.165, 1.54) is 12.3 Å². The minimum absolute atomic E-state index is 0.119. The molecule has 9 nitrogen and oxygen atoms in total. The van der Waals surface area contributed by atoms with Crippen molar-refractivity contribution in [2.24, 2.45) is 5.10 Å². The molecule has 0 fully saturated rings. The van der Waals surface area contributed by atoms with Gasteiger partial charge >= 0.3 is 11.8 Å². The van der Waals surface area contributed by atoms with Crippen LogP contribution in [0.5, 0.6) is 11.5 Å². The first-order valence-electron chi connectivity index (χ1n) is 11.2. The van der Waals surface area contributed by atoms with Crippen molar-refractivity contribution in [3.63, 3.8) is 0 Å². The van der Waals surface area contributed by atoms with Crippen molar-refractivity contribution in [2.75, 3.05) is 18.5 Å². The van der Waals surface area contributed by atoms with Gasteiger partial charge in [-0.2, -0.15) is 5.10 Å². The van der Waals surface area contributed by atoms with Crippen LogP contribution in [0, 0.1) is 0 Å². The van der Waals surface area contributed by atoms with Crippen LogP contribution in [0.25, 0.3) is 0 Å². The van der Waals surface area contributed by atoms with Gasteiger partial charge in [0.15, 0.2) is 18.1 Å². The molecule has 0 saturated heterocycles. The summed E-state index contributed by atoms with van der Waals surface area (Å²) in [5, 5.41) is 9.31. The van der Waals surface area contributed by atoms with Crippen molar-refractivity contribution in [2.45, 2.75) is 13.5 Å². The van der Waals surface area contributed by atoms with Crippen molar-refractivity contribution >= 4 is 52.8 Å². The highest BCUT2D eigenvalue weighted by Gasteiger charge is 2.15. The van der Waals surface area contributed by atoms with E-state index in [9.17, 15) is 14.4 Å². The third-order valence-electron chi connectivity index (χ3n) is 4.74. The second-order valence-corrected chi connectivity index (χ2v) is 8.23. The van der Waals surface area contributed by atoms with Crippen LogP contribution < -0.4 is 25.5 Å². The maximum Gasteiger partial charge on any atom is 0.329 e. The number of rotatable bonds is 10. The van der Waals surface area contributed by atoms with E-state index in [-0.39, 0.29) is 28.2 Å². The molecule has 0 aliphatic carbocycles. The molecule has 3 N–H and O–H groups in total. The molecule has 3 aromatic rings. The fraction of sp³-hybridized carbons (Fsp3) is 0.154. The number of hydrogen-bond donors (Lipinski definition) is 3. The van der Waals surface area contributed by atoms with Gasteiger partial charge in [-0.05, 0) is 48.4 Å². The van der Waals surface area contributed by atoms with Crippen LogP contribution in [0.15, 0.2) is 71.8 Å². The predicted molar refractivity (Wildman–Crippen MR) is 142 cm³/mol. The Bertz CT molecular complexity index is 1290. The van der Waals surface area contributed by atoms with Gasteiger partial charge in [0.25, 0.3) is 5.91 Å². The fourth-order valence-electron chi connectivity index (χ4n) is 2.98. The van der Waals surface area contributed by atoms with E-state index in [0.29, 0.717) is 30.2 Å². The highest BCUT2D eigenvalue weighted by Crippen LogP contribution is 2.29. The number of anilines is 1. The van der Waals surface area contributed by atoms with Gasteiger partial charge in [0.2, 0.25) is 0 Å². The number of nitrogens with zero attached hydrogens (tertiary/aromatic N) is 1. The molecule has 0 aliphatic heterocycles. The van der Waals surface area contributed by atoms with E-state index in [1.54, 1.807) is 30.3 Å². The van der Waals surface area contributed by atoms with Crippen LogP contribution in [0.4, 0.5) is 5.69 Å². The highest BCUT2D eigenvalue weighted by atomic mass is 35.5. The maximum atomic E-state index is 12.2. The second kappa shape index (κ2) is 13.9. The summed E-state index contributed by atoms with van der Waals surface area (Å²) in [5.41, 5.74) is 3.87. The lowest BCUT2D eigenvalue weighted by molar-refractivity contribution is -0.136. The molecule has 0 aliphatic rings. The topological polar surface area (TPSA) is 118 Å². The molecule has 3 aromatic carbocycles. The third kappa shape index (κ3) is 8.52. The largest absolute Gasteiger partial charge is 0.490 e. The lowest BCUT2D eigenvalue weighted by Gasteiger charge is -2.12.